The molecule has 7 heteroatoms. The van der Waals surface area contributed by atoms with Crippen LogP contribution in [-0.2, 0) is 12.8 Å². The van der Waals surface area contributed by atoms with Gasteiger partial charge < -0.3 is 11.5 Å². The normalized spacial score (nSPS) is 10.9. The molecular weight excluding hydrogens is 269 g/mol. The lowest BCUT2D eigenvalue weighted by molar-refractivity contribution is 0.607. The molecule has 0 fully saturated rings. The highest BCUT2D eigenvalue weighted by atomic mass is 35.5. The molecule has 0 spiro atoms. The first-order chi connectivity index (χ1) is 8.99. The highest BCUT2D eigenvalue weighted by Gasteiger charge is 2.20. The Hall–Kier alpha value is -1.82. The van der Waals surface area contributed by atoms with Gasteiger partial charge in [0.05, 0.1) is 11.4 Å². The third-order valence-corrected chi connectivity index (χ3v) is 3.18. The van der Waals surface area contributed by atoms with E-state index in [1.165, 1.54) is 10.7 Å². The van der Waals surface area contributed by atoms with Crippen LogP contribution in [0.2, 0.25) is 5.02 Å². The Morgan fingerprint density at radius 2 is 1.95 bits per heavy atom. The van der Waals surface area contributed by atoms with Gasteiger partial charge in [-0.3, -0.25) is 0 Å². The molecule has 1 aromatic carbocycles. The molecule has 5 nitrogen and oxygen atoms in total. The Balaban J connectivity index is 2.71. The van der Waals surface area contributed by atoms with E-state index in [1.807, 2.05) is 13.8 Å². The number of anilines is 2. The second-order valence-electron chi connectivity index (χ2n) is 4.09. The van der Waals surface area contributed by atoms with Crippen molar-refractivity contribution in [3.8, 4) is 5.69 Å². The van der Waals surface area contributed by atoms with Crippen LogP contribution in [0.25, 0.3) is 5.69 Å². The topological polar surface area (TPSA) is 82.8 Å². The van der Waals surface area contributed by atoms with Crippen molar-refractivity contribution in [3.63, 3.8) is 0 Å². The van der Waals surface area contributed by atoms with Gasteiger partial charge in [0, 0.05) is 12.8 Å². The van der Waals surface area contributed by atoms with E-state index in [9.17, 15) is 4.39 Å². The van der Waals surface area contributed by atoms with Crippen LogP contribution in [0.5, 0.6) is 0 Å². The highest BCUT2D eigenvalue weighted by molar-refractivity contribution is 6.33. The maximum Gasteiger partial charge on any atom is 0.171 e. The quantitative estimate of drug-likeness (QED) is 0.847. The lowest BCUT2D eigenvalue weighted by Gasteiger charge is -2.11. The maximum atomic E-state index is 14.3. The van der Waals surface area contributed by atoms with Crippen molar-refractivity contribution in [3.05, 3.63) is 28.6 Å². The summed E-state index contributed by atoms with van der Waals surface area (Å²) in [5.74, 6) is 0.577. The Morgan fingerprint density at radius 3 is 2.53 bits per heavy atom. The van der Waals surface area contributed by atoms with E-state index in [0.29, 0.717) is 24.5 Å². The van der Waals surface area contributed by atoms with E-state index in [1.54, 1.807) is 0 Å². The van der Waals surface area contributed by atoms with Crippen LogP contribution < -0.4 is 11.5 Å². The lowest BCUT2D eigenvalue weighted by Crippen LogP contribution is -2.09. The largest absolute Gasteiger partial charge is 0.397 e. The smallest absolute Gasteiger partial charge is 0.171 e. The number of nitrogen functional groups attached to an aromatic ring is 2. The molecule has 0 bridgehead atoms. The van der Waals surface area contributed by atoms with Crippen LogP contribution in [0.15, 0.2) is 6.07 Å². The maximum absolute atomic E-state index is 14.3. The van der Waals surface area contributed by atoms with E-state index in [2.05, 4.69) is 10.1 Å². The highest BCUT2D eigenvalue weighted by Crippen LogP contribution is 2.32. The van der Waals surface area contributed by atoms with Crippen LogP contribution in [-0.4, -0.2) is 14.8 Å². The summed E-state index contributed by atoms with van der Waals surface area (Å²) in [5.41, 5.74) is 11.8. The van der Waals surface area contributed by atoms with E-state index in [0.717, 1.165) is 0 Å². The van der Waals surface area contributed by atoms with Gasteiger partial charge in [-0.05, 0) is 6.07 Å². The van der Waals surface area contributed by atoms with Crippen molar-refractivity contribution >= 4 is 23.0 Å². The summed E-state index contributed by atoms with van der Waals surface area (Å²) < 4.78 is 15.7. The Morgan fingerprint density at radius 1 is 1.26 bits per heavy atom. The zero-order valence-corrected chi connectivity index (χ0v) is 11.5. The van der Waals surface area contributed by atoms with Crippen LogP contribution in [0.1, 0.15) is 25.5 Å². The third-order valence-electron chi connectivity index (χ3n) is 2.80. The summed E-state index contributed by atoms with van der Waals surface area (Å²) in [5, 5.41) is 4.10. The second kappa shape index (κ2) is 5.05. The minimum absolute atomic E-state index is 0.100. The second-order valence-corrected chi connectivity index (χ2v) is 4.47. The third kappa shape index (κ3) is 2.23. The van der Waals surface area contributed by atoms with Gasteiger partial charge in [-0.25, -0.2) is 14.1 Å². The van der Waals surface area contributed by atoms with Crippen molar-refractivity contribution < 1.29 is 4.39 Å². The van der Waals surface area contributed by atoms with Crippen molar-refractivity contribution in [2.75, 3.05) is 11.5 Å². The number of benzene rings is 1. The molecule has 0 atom stereocenters. The average Bonchev–Trinajstić information content (AvgIpc) is 2.79. The molecular formula is C12H15ClFN5. The Kier molecular flexibility index (Phi) is 3.61. The van der Waals surface area contributed by atoms with Gasteiger partial charge >= 0.3 is 0 Å². The van der Waals surface area contributed by atoms with Crippen molar-refractivity contribution in [1.82, 2.24) is 14.8 Å². The van der Waals surface area contributed by atoms with Crippen LogP contribution in [0.3, 0.4) is 0 Å². The molecule has 0 amide bonds. The molecule has 0 aliphatic heterocycles. The fraction of sp³-hybridized carbons (Fsp3) is 0.333. The monoisotopic (exact) mass is 283 g/mol. The van der Waals surface area contributed by atoms with Crippen molar-refractivity contribution in [2.24, 2.45) is 0 Å². The lowest BCUT2D eigenvalue weighted by atomic mass is 10.2. The number of hydrogen-bond donors (Lipinski definition) is 2. The number of nitrogens with zero attached hydrogens (tertiary/aromatic N) is 3. The summed E-state index contributed by atoms with van der Waals surface area (Å²) in [6.45, 7) is 3.84. The zero-order chi connectivity index (χ0) is 14.2. The van der Waals surface area contributed by atoms with Crippen LogP contribution in [0, 0.1) is 5.82 Å². The van der Waals surface area contributed by atoms with Crippen molar-refractivity contribution in [1.29, 1.82) is 0 Å². The van der Waals surface area contributed by atoms with Crippen LogP contribution in [0.4, 0.5) is 15.8 Å². The summed E-state index contributed by atoms with van der Waals surface area (Å²) in [6.07, 6.45) is 1.26. The first-order valence-corrected chi connectivity index (χ1v) is 6.35. The van der Waals surface area contributed by atoms with Gasteiger partial charge in [0.25, 0.3) is 0 Å². The molecule has 0 unspecified atom stereocenters. The molecule has 102 valence electrons. The molecule has 0 aliphatic carbocycles. The number of hydrogen-bond acceptors (Lipinski definition) is 4. The summed E-state index contributed by atoms with van der Waals surface area (Å²) >= 11 is 5.82. The van der Waals surface area contributed by atoms with Crippen molar-refractivity contribution in [2.45, 2.75) is 26.7 Å². The van der Waals surface area contributed by atoms with Gasteiger partial charge in [-0.2, -0.15) is 5.10 Å². The molecule has 2 aromatic rings. The van der Waals surface area contributed by atoms with E-state index in [4.69, 9.17) is 23.1 Å². The zero-order valence-electron chi connectivity index (χ0n) is 10.7. The standard InChI is InChI=1S/C12H15ClFN5/c1-3-8-17-9(4-2)19(18-8)12-7(16)5-6(15)10(13)11(12)14/h5H,3-4,15-16H2,1-2H3. The van der Waals surface area contributed by atoms with Gasteiger partial charge in [-0.15, -0.1) is 0 Å². The SMILES string of the molecule is CCc1nc(CC)n(-c2c(N)cc(N)c(Cl)c2F)n1. The van der Waals surface area contributed by atoms with E-state index >= 15 is 0 Å². The number of nitrogens with two attached hydrogens (primary N) is 2. The molecule has 0 radical (unpaired) electrons. The number of aromatic nitrogens is 3. The summed E-state index contributed by atoms with van der Waals surface area (Å²) in [4.78, 5) is 4.31. The number of halogens is 2. The Labute approximate surface area is 115 Å². The van der Waals surface area contributed by atoms with Gasteiger partial charge in [0.15, 0.2) is 11.6 Å². The number of aryl methyl sites for hydroxylation is 2. The minimum Gasteiger partial charge on any atom is -0.397 e. The van der Waals surface area contributed by atoms with Gasteiger partial charge in [0.2, 0.25) is 0 Å². The molecule has 2 rings (SSSR count). The fourth-order valence-corrected chi connectivity index (χ4v) is 1.97. The van der Waals surface area contributed by atoms with Crippen LogP contribution >= 0.6 is 11.6 Å². The van der Waals surface area contributed by atoms with E-state index < -0.39 is 5.82 Å². The summed E-state index contributed by atoms with van der Waals surface area (Å²) in [6, 6.07) is 1.42. The van der Waals surface area contributed by atoms with E-state index in [-0.39, 0.29) is 22.1 Å². The molecule has 0 saturated heterocycles. The first-order valence-electron chi connectivity index (χ1n) is 5.97. The summed E-state index contributed by atoms with van der Waals surface area (Å²) in [7, 11) is 0. The molecule has 19 heavy (non-hydrogen) atoms. The average molecular weight is 284 g/mol. The predicted octanol–water partition coefficient (Wildman–Crippen LogP) is 2.35. The minimum atomic E-state index is -0.679. The predicted molar refractivity (Wildman–Crippen MR) is 73.9 cm³/mol. The van der Waals surface area contributed by atoms with Gasteiger partial charge in [-0.1, -0.05) is 25.4 Å². The molecule has 1 aromatic heterocycles. The van der Waals surface area contributed by atoms with Gasteiger partial charge in [0.1, 0.15) is 16.5 Å². The number of rotatable bonds is 3. The molecule has 4 N–H and O–H groups in total. The molecule has 0 aliphatic rings. The molecule has 1 heterocycles. The fourth-order valence-electron chi connectivity index (χ4n) is 1.82. The molecule has 0 saturated carbocycles. The Bertz CT molecular complexity index is 623. The first kappa shape index (κ1) is 13.6.